The van der Waals surface area contributed by atoms with Gasteiger partial charge < -0.3 is 10.6 Å². The van der Waals surface area contributed by atoms with E-state index >= 15 is 0 Å². The summed E-state index contributed by atoms with van der Waals surface area (Å²) in [4.78, 5) is 14.4. The van der Waals surface area contributed by atoms with Crippen LogP contribution in [0.4, 0.5) is 11.4 Å². The van der Waals surface area contributed by atoms with E-state index in [1.54, 1.807) is 13.1 Å². The average molecular weight is 783 g/mol. The van der Waals surface area contributed by atoms with Gasteiger partial charge in [0.1, 0.15) is 17.5 Å². The second-order valence-electron chi connectivity index (χ2n) is 14.1. The summed E-state index contributed by atoms with van der Waals surface area (Å²) in [5, 5.41) is 18.0. The minimum atomic E-state index is 0.301. The number of nitrogens with one attached hydrogen (secondary N) is 3. The van der Waals surface area contributed by atoms with Gasteiger partial charge in [0.25, 0.3) is 0 Å². The van der Waals surface area contributed by atoms with E-state index in [1.165, 1.54) is 22.2 Å². The summed E-state index contributed by atoms with van der Waals surface area (Å²) in [5.41, 5.74) is 10.4. The van der Waals surface area contributed by atoms with Crippen LogP contribution in [0.5, 0.6) is 0 Å². The third kappa shape index (κ3) is 8.12. The summed E-state index contributed by atoms with van der Waals surface area (Å²) in [6.45, 7) is 6.07. The van der Waals surface area contributed by atoms with Crippen molar-refractivity contribution in [2.45, 2.75) is 19.8 Å². The summed E-state index contributed by atoms with van der Waals surface area (Å²) in [6, 6.07) is 36.7. The topological polar surface area (TPSA) is 95.9 Å². The molecule has 0 saturated carbocycles. The minimum Gasteiger partial charge on any atom is -0.360 e. The predicted octanol–water partition coefficient (Wildman–Crippen LogP) is 12.3. The van der Waals surface area contributed by atoms with E-state index in [2.05, 4.69) is 98.1 Å². The number of para-hydroxylation sites is 4. The molecule has 0 atom stereocenters. The van der Waals surface area contributed by atoms with E-state index < -0.39 is 0 Å². The predicted molar refractivity (Wildman–Crippen MR) is 255 cm³/mol. The van der Waals surface area contributed by atoms with E-state index in [4.69, 9.17) is 15.4 Å². The lowest BCUT2D eigenvalue weighted by Gasteiger charge is -2.11. The van der Waals surface area contributed by atoms with Crippen LogP contribution in [0.2, 0.25) is 0 Å². The molecule has 1 aliphatic carbocycles. The molecule has 8 nitrogen and oxygen atoms in total. The molecule has 0 amide bonds. The van der Waals surface area contributed by atoms with Gasteiger partial charge in [-0.05, 0) is 110 Å². The van der Waals surface area contributed by atoms with Crippen LogP contribution in [0.25, 0.3) is 57.7 Å². The first-order valence-electron chi connectivity index (χ1n) is 20.1. The smallest absolute Gasteiger partial charge is 0.138 e. The molecule has 0 saturated heterocycles. The van der Waals surface area contributed by atoms with Gasteiger partial charge in [-0.1, -0.05) is 104 Å². The Hall–Kier alpha value is -7.84. The molecule has 8 heteroatoms. The first-order valence-corrected chi connectivity index (χ1v) is 20.1. The molecule has 4 heterocycles. The fourth-order valence-electron chi connectivity index (χ4n) is 7.62. The SMILES string of the molecule is C=Cc1c(/C=C\C)n(-c2cccc(C(=N)/C=C\C=C\Nc3ccccc3NC(/C=C\C=C\c3cccc(-n4c5c(c6ccccc64)CCC=C5)n3)=NC)n2)c2ccccc12. The molecule has 0 unspecified atom stereocenters. The highest BCUT2D eigenvalue weighted by molar-refractivity contribution is 6.06. The van der Waals surface area contributed by atoms with E-state index in [1.807, 2.05) is 122 Å². The highest BCUT2D eigenvalue weighted by Crippen LogP contribution is 2.34. The number of anilines is 2. The molecule has 294 valence electrons. The Morgan fingerprint density at radius 1 is 0.750 bits per heavy atom. The van der Waals surface area contributed by atoms with Crippen LogP contribution < -0.4 is 10.6 Å². The number of aliphatic imine (C=N–C) groups is 1. The number of fused-ring (bicyclic) bond motifs is 4. The van der Waals surface area contributed by atoms with Gasteiger partial charge >= 0.3 is 0 Å². The minimum absolute atomic E-state index is 0.301. The first kappa shape index (κ1) is 39.0. The van der Waals surface area contributed by atoms with Gasteiger partial charge in [0, 0.05) is 29.6 Å². The van der Waals surface area contributed by atoms with Crippen molar-refractivity contribution in [3.05, 3.63) is 204 Å². The summed E-state index contributed by atoms with van der Waals surface area (Å²) < 4.78 is 4.39. The number of hydrogen-bond donors (Lipinski definition) is 3. The Kier molecular flexibility index (Phi) is 11.8. The number of allylic oxidation sites excluding steroid dienone is 7. The zero-order chi connectivity index (χ0) is 41.3. The molecule has 4 aromatic heterocycles. The van der Waals surface area contributed by atoms with Crippen LogP contribution >= 0.6 is 0 Å². The Balaban J connectivity index is 0.907. The third-order valence-electron chi connectivity index (χ3n) is 10.3. The monoisotopic (exact) mass is 782 g/mol. The highest BCUT2D eigenvalue weighted by atomic mass is 15.1. The second kappa shape index (κ2) is 18.2. The number of aryl methyl sites for hydroxylation is 1. The Morgan fingerprint density at radius 3 is 2.27 bits per heavy atom. The fourth-order valence-corrected chi connectivity index (χ4v) is 7.62. The molecule has 8 rings (SSSR count). The standard InChI is InChI=1S/C52H46N8/c1-4-20-46-38(5-2)39-23-7-12-30-47(39)59(46)52-35-19-29-43(58-52)42(53)26-16-17-36-55-44-27-10-11-28-45(44)57-50(54-3)33-15-6-21-37-22-18-34-51(56-37)60-48-31-13-8-24-40(48)41-25-9-14-32-49(41)60/h4-8,10-24,26-36,53,55H,2,9,25H2,1,3H3,(H,54,57)/b20-4-,21-6+,26-16-,33-15-,36-17+,53-42?. The molecule has 7 aromatic rings. The Morgan fingerprint density at radius 2 is 1.47 bits per heavy atom. The van der Waals surface area contributed by atoms with E-state index in [9.17, 15) is 0 Å². The van der Waals surface area contributed by atoms with Crippen molar-refractivity contribution in [1.82, 2.24) is 19.1 Å². The van der Waals surface area contributed by atoms with Crippen LogP contribution in [-0.4, -0.2) is 37.7 Å². The summed E-state index contributed by atoms with van der Waals surface area (Å²) in [5.74, 6) is 2.34. The number of amidine groups is 1. The van der Waals surface area contributed by atoms with Gasteiger partial charge in [0.15, 0.2) is 0 Å². The van der Waals surface area contributed by atoms with Gasteiger partial charge in [0.2, 0.25) is 0 Å². The van der Waals surface area contributed by atoms with Crippen LogP contribution in [0.15, 0.2) is 176 Å². The molecule has 0 aliphatic heterocycles. The van der Waals surface area contributed by atoms with Crippen molar-refractivity contribution in [3.63, 3.8) is 0 Å². The maximum absolute atomic E-state index is 8.79. The van der Waals surface area contributed by atoms with E-state index in [0.29, 0.717) is 17.2 Å². The van der Waals surface area contributed by atoms with Gasteiger partial charge in [-0.25, -0.2) is 9.97 Å². The van der Waals surface area contributed by atoms with Crippen LogP contribution in [0, 0.1) is 5.41 Å². The van der Waals surface area contributed by atoms with Crippen molar-refractivity contribution in [3.8, 4) is 11.6 Å². The normalized spacial score (nSPS) is 13.2. The number of rotatable bonds is 13. The summed E-state index contributed by atoms with van der Waals surface area (Å²) >= 11 is 0. The average Bonchev–Trinajstić information content (AvgIpc) is 3.80. The van der Waals surface area contributed by atoms with Gasteiger partial charge in [-0.15, -0.1) is 0 Å². The quantitative estimate of drug-likeness (QED) is 0.0616. The summed E-state index contributed by atoms with van der Waals surface area (Å²) in [6.07, 6.45) is 27.7. The van der Waals surface area contributed by atoms with E-state index in [0.717, 1.165) is 63.7 Å². The first-order chi connectivity index (χ1) is 29.6. The molecule has 0 spiro atoms. The van der Waals surface area contributed by atoms with E-state index in [-0.39, 0.29) is 0 Å². The largest absolute Gasteiger partial charge is 0.360 e. The molecule has 60 heavy (non-hydrogen) atoms. The zero-order valence-electron chi connectivity index (χ0n) is 33.8. The number of pyridine rings is 2. The molecule has 0 bridgehead atoms. The Bertz CT molecular complexity index is 2940. The van der Waals surface area contributed by atoms with Crippen LogP contribution in [0.3, 0.4) is 0 Å². The van der Waals surface area contributed by atoms with Crippen LogP contribution in [-0.2, 0) is 6.42 Å². The molecule has 0 fully saturated rings. The molecule has 0 radical (unpaired) electrons. The number of benzene rings is 3. The molecule has 3 aromatic carbocycles. The van der Waals surface area contributed by atoms with Gasteiger partial charge in [-0.3, -0.25) is 19.5 Å². The maximum atomic E-state index is 8.79. The lowest BCUT2D eigenvalue weighted by atomic mass is 10.0. The summed E-state index contributed by atoms with van der Waals surface area (Å²) in [7, 11) is 1.76. The molecular weight excluding hydrogens is 737 g/mol. The van der Waals surface area contributed by atoms with Crippen molar-refractivity contribution in [1.29, 1.82) is 5.41 Å². The second-order valence-corrected chi connectivity index (χ2v) is 14.1. The zero-order valence-corrected chi connectivity index (χ0v) is 33.8. The fraction of sp³-hybridized carbons (Fsp3) is 0.0769. The Labute approximate surface area is 350 Å². The molecule has 3 N–H and O–H groups in total. The highest BCUT2D eigenvalue weighted by Gasteiger charge is 2.19. The van der Waals surface area contributed by atoms with Crippen molar-refractivity contribution in [2.75, 3.05) is 17.7 Å². The van der Waals surface area contributed by atoms with Crippen molar-refractivity contribution >= 4 is 69.0 Å². The molecule has 1 aliphatic rings. The van der Waals surface area contributed by atoms with Gasteiger partial charge in [0.05, 0.1) is 50.9 Å². The maximum Gasteiger partial charge on any atom is 0.138 e. The lowest BCUT2D eigenvalue weighted by Crippen LogP contribution is -2.10. The van der Waals surface area contributed by atoms with Crippen molar-refractivity contribution < 1.29 is 0 Å². The number of nitrogens with zero attached hydrogens (tertiary/aromatic N) is 5. The van der Waals surface area contributed by atoms with Crippen molar-refractivity contribution in [2.24, 2.45) is 4.99 Å². The number of aromatic nitrogens is 4. The van der Waals surface area contributed by atoms with Gasteiger partial charge in [-0.2, -0.15) is 0 Å². The number of hydrogen-bond acceptors (Lipinski definition) is 5. The van der Waals surface area contributed by atoms with Crippen LogP contribution in [0.1, 0.15) is 47.2 Å². The third-order valence-corrected chi connectivity index (χ3v) is 10.3. The molecular formula is C52H46N8. The lowest BCUT2D eigenvalue weighted by molar-refractivity contribution is 0.950.